The van der Waals surface area contributed by atoms with E-state index in [2.05, 4.69) is 5.32 Å². The monoisotopic (exact) mass is 398 g/mol. The van der Waals surface area contributed by atoms with Crippen molar-refractivity contribution in [3.8, 4) is 0 Å². The number of carbonyl (C=O) groups excluding carboxylic acids is 2. The summed E-state index contributed by atoms with van der Waals surface area (Å²) < 4.78 is 0. The summed E-state index contributed by atoms with van der Waals surface area (Å²) in [5, 5.41) is 2.92. The molecule has 1 N–H and O–H groups in total. The molecule has 150 valence electrons. The van der Waals surface area contributed by atoms with Crippen LogP contribution in [0.15, 0.2) is 53.4 Å². The van der Waals surface area contributed by atoms with Gasteiger partial charge >= 0.3 is 0 Å². The number of hydrogen-bond acceptors (Lipinski definition) is 3. The Kier molecular flexibility index (Phi) is 8.12. The third kappa shape index (κ3) is 6.41. The summed E-state index contributed by atoms with van der Waals surface area (Å²) in [5.41, 5.74) is 3.36. The summed E-state index contributed by atoms with van der Waals surface area (Å²) in [6.07, 6.45) is 0. The molecule has 0 saturated heterocycles. The third-order valence-electron chi connectivity index (χ3n) is 4.58. The molecule has 0 aliphatic rings. The molecule has 5 heteroatoms. The van der Waals surface area contributed by atoms with E-state index < -0.39 is 6.04 Å². The van der Waals surface area contributed by atoms with E-state index in [1.165, 1.54) is 17.3 Å². The highest BCUT2D eigenvalue weighted by atomic mass is 32.2. The van der Waals surface area contributed by atoms with Crippen molar-refractivity contribution in [3.63, 3.8) is 0 Å². The summed E-state index contributed by atoms with van der Waals surface area (Å²) >= 11 is 1.50. The van der Waals surface area contributed by atoms with Gasteiger partial charge in [-0.25, -0.2) is 0 Å². The first-order valence-electron chi connectivity index (χ1n) is 9.61. The van der Waals surface area contributed by atoms with Crippen LogP contribution >= 0.6 is 11.8 Å². The van der Waals surface area contributed by atoms with Crippen molar-refractivity contribution in [3.05, 3.63) is 65.2 Å². The normalized spacial score (nSPS) is 11.9. The lowest BCUT2D eigenvalue weighted by Crippen LogP contribution is -2.49. The fourth-order valence-electron chi connectivity index (χ4n) is 2.82. The predicted molar refractivity (Wildman–Crippen MR) is 116 cm³/mol. The van der Waals surface area contributed by atoms with Gasteiger partial charge in [-0.05, 0) is 57.9 Å². The van der Waals surface area contributed by atoms with E-state index in [0.29, 0.717) is 12.3 Å². The summed E-state index contributed by atoms with van der Waals surface area (Å²) in [5.74, 6) is 0.131. The fourth-order valence-corrected chi connectivity index (χ4v) is 3.61. The van der Waals surface area contributed by atoms with E-state index >= 15 is 0 Å². The maximum Gasteiger partial charge on any atom is 0.242 e. The molecule has 0 radical (unpaired) electrons. The topological polar surface area (TPSA) is 49.4 Å². The maximum absolute atomic E-state index is 13.1. The molecule has 0 heterocycles. The van der Waals surface area contributed by atoms with Crippen molar-refractivity contribution >= 4 is 23.6 Å². The van der Waals surface area contributed by atoms with E-state index in [9.17, 15) is 9.59 Å². The molecule has 4 nitrogen and oxygen atoms in total. The van der Waals surface area contributed by atoms with Crippen LogP contribution in [-0.2, 0) is 16.1 Å². The van der Waals surface area contributed by atoms with Gasteiger partial charge in [-0.1, -0.05) is 42.0 Å². The van der Waals surface area contributed by atoms with Gasteiger partial charge in [0.05, 0.1) is 5.75 Å². The minimum absolute atomic E-state index is 0.0345. The average Bonchev–Trinajstić information content (AvgIpc) is 2.65. The molecule has 0 saturated carbocycles. The quantitative estimate of drug-likeness (QED) is 0.673. The summed E-state index contributed by atoms with van der Waals surface area (Å²) in [4.78, 5) is 28.4. The number of benzene rings is 2. The molecule has 2 aromatic carbocycles. The van der Waals surface area contributed by atoms with Gasteiger partial charge in [0.1, 0.15) is 6.04 Å². The largest absolute Gasteiger partial charge is 0.352 e. The van der Waals surface area contributed by atoms with Gasteiger partial charge in [0.2, 0.25) is 11.8 Å². The Hall–Kier alpha value is -2.27. The van der Waals surface area contributed by atoms with Crippen molar-refractivity contribution in [1.82, 2.24) is 10.2 Å². The van der Waals surface area contributed by atoms with Crippen LogP contribution in [0.1, 0.15) is 37.5 Å². The SMILES string of the molecule is Cc1ccc(SCC(=O)N(Cc2ccccc2C)C(C)C(=O)NC(C)C)cc1. The molecule has 0 aliphatic heterocycles. The number of hydrogen-bond donors (Lipinski definition) is 1. The third-order valence-corrected chi connectivity index (χ3v) is 5.58. The van der Waals surface area contributed by atoms with Crippen LogP contribution in [-0.4, -0.2) is 34.6 Å². The van der Waals surface area contributed by atoms with Crippen molar-refractivity contribution in [1.29, 1.82) is 0 Å². The molecule has 0 bridgehead atoms. The second-order valence-corrected chi connectivity index (χ2v) is 8.44. The van der Waals surface area contributed by atoms with Gasteiger partial charge in [-0.2, -0.15) is 0 Å². The summed E-state index contributed by atoms with van der Waals surface area (Å²) in [6, 6.07) is 15.6. The van der Waals surface area contributed by atoms with E-state index in [1.807, 2.05) is 76.2 Å². The Morgan fingerprint density at radius 1 is 1.00 bits per heavy atom. The Morgan fingerprint density at radius 2 is 1.64 bits per heavy atom. The lowest BCUT2D eigenvalue weighted by Gasteiger charge is -2.29. The molecular weight excluding hydrogens is 368 g/mol. The number of aryl methyl sites for hydroxylation is 2. The van der Waals surface area contributed by atoms with Crippen LogP contribution in [0.3, 0.4) is 0 Å². The minimum atomic E-state index is -0.534. The highest BCUT2D eigenvalue weighted by Crippen LogP contribution is 2.21. The first-order valence-corrected chi connectivity index (χ1v) is 10.6. The first kappa shape index (κ1) is 22.0. The molecule has 28 heavy (non-hydrogen) atoms. The lowest BCUT2D eigenvalue weighted by molar-refractivity contribution is -0.138. The molecule has 0 spiro atoms. The molecule has 1 atom stereocenters. The lowest BCUT2D eigenvalue weighted by atomic mass is 10.1. The zero-order chi connectivity index (χ0) is 20.7. The van der Waals surface area contributed by atoms with Crippen LogP contribution in [0, 0.1) is 13.8 Å². The number of nitrogens with zero attached hydrogens (tertiary/aromatic N) is 1. The molecule has 0 aromatic heterocycles. The van der Waals surface area contributed by atoms with Crippen LogP contribution in [0.5, 0.6) is 0 Å². The number of carbonyl (C=O) groups is 2. The molecule has 0 fully saturated rings. The zero-order valence-corrected chi connectivity index (χ0v) is 18.2. The summed E-state index contributed by atoms with van der Waals surface area (Å²) in [7, 11) is 0. The Labute approximate surface area is 172 Å². The van der Waals surface area contributed by atoms with Gasteiger partial charge in [0.15, 0.2) is 0 Å². The number of thioether (sulfide) groups is 1. The predicted octanol–water partition coefficient (Wildman–Crippen LogP) is 4.34. The molecule has 0 aliphatic carbocycles. The van der Waals surface area contributed by atoms with Crippen molar-refractivity contribution < 1.29 is 9.59 Å². The van der Waals surface area contributed by atoms with Crippen molar-refractivity contribution in [2.75, 3.05) is 5.75 Å². The number of amides is 2. The van der Waals surface area contributed by atoms with E-state index in [4.69, 9.17) is 0 Å². The highest BCUT2D eigenvalue weighted by Gasteiger charge is 2.26. The molecule has 2 rings (SSSR count). The van der Waals surface area contributed by atoms with E-state index in [1.54, 1.807) is 11.8 Å². The Balaban J connectivity index is 2.15. The van der Waals surface area contributed by atoms with Gasteiger partial charge in [-0.3, -0.25) is 9.59 Å². The van der Waals surface area contributed by atoms with Gasteiger partial charge in [0.25, 0.3) is 0 Å². The second-order valence-electron chi connectivity index (χ2n) is 7.39. The average molecular weight is 399 g/mol. The van der Waals surface area contributed by atoms with E-state index in [-0.39, 0.29) is 17.9 Å². The molecule has 1 unspecified atom stereocenters. The second kappa shape index (κ2) is 10.3. The maximum atomic E-state index is 13.1. The molecular formula is C23H30N2O2S. The van der Waals surface area contributed by atoms with Crippen molar-refractivity contribution in [2.24, 2.45) is 0 Å². The summed E-state index contributed by atoms with van der Waals surface area (Å²) in [6.45, 7) is 10.1. The zero-order valence-electron chi connectivity index (χ0n) is 17.4. The van der Waals surface area contributed by atoms with Gasteiger partial charge in [0, 0.05) is 17.5 Å². The number of nitrogens with one attached hydrogen (secondary N) is 1. The van der Waals surface area contributed by atoms with Crippen LogP contribution in [0.2, 0.25) is 0 Å². The fraction of sp³-hybridized carbons (Fsp3) is 0.391. The molecule has 2 amide bonds. The number of rotatable bonds is 8. The molecule has 2 aromatic rings. The van der Waals surface area contributed by atoms with Crippen LogP contribution in [0.4, 0.5) is 0 Å². The van der Waals surface area contributed by atoms with Crippen molar-refractivity contribution in [2.45, 2.75) is 58.1 Å². The van der Waals surface area contributed by atoms with E-state index in [0.717, 1.165) is 16.0 Å². The first-order chi connectivity index (χ1) is 13.3. The Morgan fingerprint density at radius 3 is 2.25 bits per heavy atom. The Bertz CT molecular complexity index is 803. The highest BCUT2D eigenvalue weighted by molar-refractivity contribution is 8.00. The standard InChI is InChI=1S/C23H30N2O2S/c1-16(2)24-23(27)19(5)25(14-20-9-7-6-8-18(20)4)22(26)15-28-21-12-10-17(3)11-13-21/h6-13,16,19H,14-15H2,1-5H3,(H,24,27). The smallest absolute Gasteiger partial charge is 0.242 e. The van der Waals surface area contributed by atoms with Crippen LogP contribution < -0.4 is 5.32 Å². The van der Waals surface area contributed by atoms with Crippen LogP contribution in [0.25, 0.3) is 0 Å². The minimum Gasteiger partial charge on any atom is -0.352 e. The van der Waals surface area contributed by atoms with Gasteiger partial charge < -0.3 is 10.2 Å². The van der Waals surface area contributed by atoms with Gasteiger partial charge in [-0.15, -0.1) is 11.8 Å².